The van der Waals surface area contributed by atoms with Crippen molar-refractivity contribution >= 4 is 31.4 Å². The highest BCUT2D eigenvalue weighted by molar-refractivity contribution is 7.27. The van der Waals surface area contributed by atoms with E-state index in [1.807, 2.05) is 24.3 Å². The van der Waals surface area contributed by atoms with Crippen LogP contribution in [0.1, 0.15) is 47.2 Å². The maximum absolute atomic E-state index is 15.0. The van der Waals surface area contributed by atoms with Gasteiger partial charge in [0.2, 0.25) is 0 Å². The number of halogens is 1. The summed E-state index contributed by atoms with van der Waals surface area (Å²) in [6, 6.07) is 25.8. The molecule has 0 aromatic heterocycles. The van der Waals surface area contributed by atoms with Crippen LogP contribution in [0.25, 0.3) is 28.0 Å². The van der Waals surface area contributed by atoms with Crippen molar-refractivity contribution in [2.24, 2.45) is 0 Å². The van der Waals surface area contributed by atoms with Gasteiger partial charge in [0.1, 0.15) is 11.6 Å². The van der Waals surface area contributed by atoms with Crippen molar-refractivity contribution in [3.63, 3.8) is 0 Å². The van der Waals surface area contributed by atoms with E-state index in [2.05, 4.69) is 84.6 Å². The molecule has 2 unspecified atom stereocenters. The number of benzene rings is 5. The second-order valence-electron chi connectivity index (χ2n) is 11.7. The predicted molar refractivity (Wildman–Crippen MR) is 172 cm³/mol. The third-order valence-corrected chi connectivity index (χ3v) is 9.29. The molecule has 3 nitrogen and oxygen atoms in total. The summed E-state index contributed by atoms with van der Waals surface area (Å²) in [6.07, 6.45) is 4.30. The Morgan fingerprint density at radius 2 is 1.52 bits per heavy atom. The van der Waals surface area contributed by atoms with Crippen molar-refractivity contribution in [1.82, 2.24) is 0 Å². The molecule has 2 aliphatic rings. The van der Waals surface area contributed by atoms with E-state index in [0.29, 0.717) is 17.2 Å². The molecule has 42 heavy (non-hydrogen) atoms. The van der Waals surface area contributed by atoms with Crippen LogP contribution in [0.2, 0.25) is 0 Å². The average Bonchev–Trinajstić information content (AvgIpc) is 3.23. The average molecular weight is 575 g/mol. The summed E-state index contributed by atoms with van der Waals surface area (Å²) in [5.41, 5.74) is 7.59. The monoisotopic (exact) mass is 574 g/mol. The van der Waals surface area contributed by atoms with Crippen molar-refractivity contribution in [2.75, 3.05) is 14.2 Å². The fraction of sp³-hybridized carbons (Fsp3) is 0.189. The van der Waals surface area contributed by atoms with Crippen LogP contribution >= 0.6 is 9.24 Å². The van der Waals surface area contributed by atoms with E-state index < -0.39 is 5.60 Å². The first kappa shape index (κ1) is 26.7. The molecule has 2 atom stereocenters. The van der Waals surface area contributed by atoms with Crippen LogP contribution in [0, 0.1) is 12.7 Å². The van der Waals surface area contributed by atoms with Crippen molar-refractivity contribution in [1.29, 1.82) is 0 Å². The van der Waals surface area contributed by atoms with Crippen molar-refractivity contribution in [2.45, 2.75) is 31.8 Å². The zero-order valence-electron chi connectivity index (χ0n) is 24.3. The van der Waals surface area contributed by atoms with Crippen LogP contribution in [0.4, 0.5) is 4.39 Å². The number of hydrogen-bond acceptors (Lipinski definition) is 3. The molecule has 0 N–H and O–H groups in total. The van der Waals surface area contributed by atoms with Crippen LogP contribution in [-0.2, 0) is 11.0 Å². The molecular formula is C37H32FO3P. The summed E-state index contributed by atoms with van der Waals surface area (Å²) in [7, 11) is 6.00. The van der Waals surface area contributed by atoms with Gasteiger partial charge >= 0.3 is 0 Å². The van der Waals surface area contributed by atoms with Crippen LogP contribution in [0.15, 0.2) is 84.9 Å². The van der Waals surface area contributed by atoms with Crippen molar-refractivity contribution < 1.29 is 18.6 Å². The summed E-state index contributed by atoms with van der Waals surface area (Å²) >= 11 is 0. The van der Waals surface area contributed by atoms with E-state index in [1.54, 1.807) is 26.4 Å². The number of rotatable bonds is 4. The lowest BCUT2D eigenvalue weighted by atomic mass is 9.76. The van der Waals surface area contributed by atoms with E-state index in [0.717, 1.165) is 38.3 Å². The lowest BCUT2D eigenvalue weighted by molar-refractivity contribution is 0.162. The Labute approximate surface area is 248 Å². The lowest BCUT2D eigenvalue weighted by Gasteiger charge is -2.38. The molecule has 1 aliphatic heterocycles. The Morgan fingerprint density at radius 1 is 0.786 bits per heavy atom. The largest absolute Gasteiger partial charge is 0.493 e. The predicted octanol–water partition coefficient (Wildman–Crippen LogP) is 8.46. The molecule has 0 amide bonds. The Kier molecular flexibility index (Phi) is 6.01. The summed E-state index contributed by atoms with van der Waals surface area (Å²) in [6.45, 7) is 6.67. The van der Waals surface area contributed by atoms with Gasteiger partial charge in [0, 0.05) is 27.5 Å². The molecule has 5 aromatic carbocycles. The van der Waals surface area contributed by atoms with E-state index in [9.17, 15) is 0 Å². The van der Waals surface area contributed by atoms with Crippen molar-refractivity contribution in [3.05, 3.63) is 124 Å². The Hall–Kier alpha value is -4.14. The normalized spacial score (nSPS) is 17.8. The Balaban J connectivity index is 1.56. The Morgan fingerprint density at radius 3 is 2.26 bits per heavy atom. The molecule has 1 heterocycles. The van der Waals surface area contributed by atoms with E-state index in [4.69, 9.17) is 14.2 Å². The third kappa shape index (κ3) is 3.75. The van der Waals surface area contributed by atoms with Gasteiger partial charge in [-0.3, -0.25) is 0 Å². The molecule has 1 aliphatic carbocycles. The van der Waals surface area contributed by atoms with Crippen LogP contribution < -0.4 is 19.5 Å². The highest BCUT2D eigenvalue weighted by atomic mass is 31.0. The fourth-order valence-corrected chi connectivity index (χ4v) is 7.04. The summed E-state index contributed by atoms with van der Waals surface area (Å²) in [5, 5.41) is 2.81. The molecular weight excluding hydrogens is 542 g/mol. The standard InChI is InChI=1S/C37H32FO3P/c1-21-6-13-27-30(18-21)36(2,3)34-28-16-17-37(22-7-11-25(42)12-8-22,23-9-15-31(39-4)32(19-23)40-5)41-35(28)29-20-24(38)10-14-26(29)33(27)34/h6-20H,42H2,1-5H3. The van der Waals surface area contributed by atoms with Gasteiger partial charge in [0.15, 0.2) is 17.1 Å². The minimum absolute atomic E-state index is 0.276. The van der Waals surface area contributed by atoms with E-state index in [-0.39, 0.29) is 11.2 Å². The minimum Gasteiger partial charge on any atom is -0.493 e. The molecule has 0 saturated carbocycles. The maximum Gasteiger partial charge on any atom is 0.178 e. The zero-order valence-corrected chi connectivity index (χ0v) is 25.5. The molecule has 0 bridgehead atoms. The molecule has 7 rings (SSSR count). The van der Waals surface area contributed by atoms with Crippen molar-refractivity contribution in [3.8, 4) is 28.4 Å². The molecule has 0 radical (unpaired) electrons. The second-order valence-corrected chi connectivity index (χ2v) is 12.4. The summed E-state index contributed by atoms with van der Waals surface area (Å²) in [4.78, 5) is 0. The van der Waals surface area contributed by atoms with E-state index >= 15 is 4.39 Å². The number of methoxy groups -OCH3 is 2. The summed E-state index contributed by atoms with van der Waals surface area (Å²) < 4.78 is 33.5. The highest BCUT2D eigenvalue weighted by Gasteiger charge is 2.44. The van der Waals surface area contributed by atoms with Gasteiger partial charge in [-0.2, -0.15) is 0 Å². The molecule has 0 fully saturated rings. The lowest BCUT2D eigenvalue weighted by Crippen LogP contribution is -2.35. The van der Waals surface area contributed by atoms with Gasteiger partial charge in [-0.25, -0.2) is 4.39 Å². The number of ether oxygens (including phenoxy) is 3. The molecule has 0 saturated heterocycles. The van der Waals surface area contributed by atoms with Gasteiger partial charge in [-0.05, 0) is 70.2 Å². The zero-order chi connectivity index (χ0) is 29.4. The summed E-state index contributed by atoms with van der Waals surface area (Å²) in [5.74, 6) is 1.62. The fourth-order valence-electron chi connectivity index (χ4n) is 6.85. The maximum atomic E-state index is 15.0. The van der Waals surface area contributed by atoms with Gasteiger partial charge in [0.25, 0.3) is 0 Å². The molecule has 210 valence electrons. The van der Waals surface area contributed by atoms with Crippen LogP contribution in [0.5, 0.6) is 17.2 Å². The van der Waals surface area contributed by atoms with Crippen LogP contribution in [-0.4, -0.2) is 14.2 Å². The quantitative estimate of drug-likeness (QED) is 0.202. The van der Waals surface area contributed by atoms with Gasteiger partial charge in [0.05, 0.1) is 14.2 Å². The Bertz CT molecular complexity index is 1940. The van der Waals surface area contributed by atoms with Gasteiger partial charge < -0.3 is 14.2 Å². The minimum atomic E-state index is -0.995. The smallest absolute Gasteiger partial charge is 0.178 e. The first-order valence-corrected chi connectivity index (χ1v) is 14.6. The van der Waals surface area contributed by atoms with E-state index in [1.165, 1.54) is 22.3 Å². The molecule has 5 aromatic rings. The third-order valence-electron chi connectivity index (χ3n) is 8.90. The van der Waals surface area contributed by atoms with Gasteiger partial charge in [-0.15, -0.1) is 9.24 Å². The second kappa shape index (κ2) is 9.44. The topological polar surface area (TPSA) is 27.7 Å². The SMILES string of the molecule is COc1ccc(C2(c3ccc(P)cc3)C=Cc3c4c(c5ccc(F)cc5c3O2)-c2ccc(C)cc2C4(C)C)cc1OC. The number of aryl methyl sites for hydroxylation is 1. The van der Waals surface area contributed by atoms with Gasteiger partial charge in [-0.1, -0.05) is 80.1 Å². The molecule has 0 spiro atoms. The first-order chi connectivity index (χ1) is 20.2. The number of hydrogen-bond donors (Lipinski definition) is 0. The van der Waals surface area contributed by atoms with Crippen LogP contribution in [0.3, 0.4) is 0 Å². The highest BCUT2D eigenvalue weighted by Crippen LogP contribution is 2.58. The first-order valence-electron chi connectivity index (χ1n) is 14.1. The molecule has 5 heteroatoms. The number of fused-ring (bicyclic) bond motifs is 8.